The van der Waals surface area contributed by atoms with Crippen molar-refractivity contribution >= 4 is 5.69 Å². The number of rotatable bonds is 3. The molecule has 0 amide bonds. The Balaban J connectivity index is 2.96. The maximum Gasteiger partial charge on any atom is 0.252 e. The number of nitrogens with zero attached hydrogens (tertiary/aromatic N) is 1. The molecule has 0 fully saturated rings. The standard InChI is InChI=1S/C8H12N2O2/c1-9-7-2-3-10(4-5-11)8(12)6-7/h2-3,6,9,11H,4-5H2,1H3. The first-order chi connectivity index (χ1) is 5.77. The van der Waals surface area contributed by atoms with Gasteiger partial charge in [-0.2, -0.15) is 0 Å². The second kappa shape index (κ2) is 3.92. The zero-order valence-corrected chi connectivity index (χ0v) is 6.95. The van der Waals surface area contributed by atoms with Gasteiger partial charge >= 0.3 is 0 Å². The zero-order valence-electron chi connectivity index (χ0n) is 6.95. The van der Waals surface area contributed by atoms with Crippen LogP contribution in [0.3, 0.4) is 0 Å². The van der Waals surface area contributed by atoms with E-state index >= 15 is 0 Å². The molecule has 4 nitrogen and oxygen atoms in total. The number of nitrogens with one attached hydrogen (secondary N) is 1. The maximum absolute atomic E-state index is 11.2. The Hall–Kier alpha value is -1.29. The van der Waals surface area contributed by atoms with Gasteiger partial charge < -0.3 is 15.0 Å². The Morgan fingerprint density at radius 2 is 2.42 bits per heavy atom. The lowest BCUT2D eigenvalue weighted by atomic mass is 10.4. The molecule has 0 aromatic carbocycles. The van der Waals surface area contributed by atoms with Gasteiger partial charge in [-0.1, -0.05) is 0 Å². The van der Waals surface area contributed by atoms with Crippen molar-refractivity contribution in [3.63, 3.8) is 0 Å². The number of aliphatic hydroxyl groups excluding tert-OH is 1. The molecule has 0 saturated heterocycles. The highest BCUT2D eigenvalue weighted by Crippen LogP contribution is 1.98. The summed E-state index contributed by atoms with van der Waals surface area (Å²) in [6, 6.07) is 3.28. The summed E-state index contributed by atoms with van der Waals surface area (Å²) in [6.07, 6.45) is 1.66. The first kappa shape index (κ1) is 8.80. The third kappa shape index (κ3) is 1.85. The fraction of sp³-hybridized carbons (Fsp3) is 0.375. The molecule has 0 spiro atoms. The monoisotopic (exact) mass is 168 g/mol. The zero-order chi connectivity index (χ0) is 8.97. The van der Waals surface area contributed by atoms with Gasteiger partial charge in [-0.3, -0.25) is 4.79 Å². The summed E-state index contributed by atoms with van der Waals surface area (Å²) in [6.45, 7) is 0.335. The Morgan fingerprint density at radius 3 is 2.92 bits per heavy atom. The maximum atomic E-state index is 11.2. The molecular formula is C8H12N2O2. The number of hydrogen-bond acceptors (Lipinski definition) is 3. The molecule has 0 bridgehead atoms. The van der Waals surface area contributed by atoms with Gasteiger partial charge in [-0.25, -0.2) is 0 Å². The van der Waals surface area contributed by atoms with Crippen LogP contribution >= 0.6 is 0 Å². The van der Waals surface area contributed by atoms with Crippen molar-refractivity contribution in [2.75, 3.05) is 19.0 Å². The lowest BCUT2D eigenvalue weighted by molar-refractivity contribution is 0.274. The summed E-state index contributed by atoms with van der Waals surface area (Å²) >= 11 is 0. The Kier molecular flexibility index (Phi) is 2.88. The van der Waals surface area contributed by atoms with Crippen LogP contribution in [-0.2, 0) is 6.54 Å². The number of pyridine rings is 1. The van der Waals surface area contributed by atoms with Crippen molar-refractivity contribution in [1.82, 2.24) is 4.57 Å². The van der Waals surface area contributed by atoms with E-state index in [2.05, 4.69) is 5.32 Å². The average Bonchev–Trinajstić information content (AvgIpc) is 2.09. The predicted molar refractivity (Wildman–Crippen MR) is 47.3 cm³/mol. The van der Waals surface area contributed by atoms with Crippen LogP contribution < -0.4 is 10.9 Å². The van der Waals surface area contributed by atoms with E-state index < -0.39 is 0 Å². The first-order valence-electron chi connectivity index (χ1n) is 3.77. The van der Waals surface area contributed by atoms with Crippen molar-refractivity contribution in [3.8, 4) is 0 Å². The molecule has 4 heteroatoms. The second-order valence-electron chi connectivity index (χ2n) is 2.42. The van der Waals surface area contributed by atoms with Crippen LogP contribution in [0.4, 0.5) is 5.69 Å². The van der Waals surface area contributed by atoms with Gasteiger partial charge in [0, 0.05) is 31.5 Å². The fourth-order valence-electron chi connectivity index (χ4n) is 0.956. The third-order valence-corrected chi connectivity index (χ3v) is 1.63. The first-order valence-corrected chi connectivity index (χ1v) is 3.77. The normalized spacial score (nSPS) is 9.83. The van der Waals surface area contributed by atoms with E-state index in [1.54, 1.807) is 19.3 Å². The summed E-state index contributed by atoms with van der Waals surface area (Å²) in [5.74, 6) is 0. The van der Waals surface area contributed by atoms with Gasteiger partial charge in [0.25, 0.3) is 5.56 Å². The van der Waals surface area contributed by atoms with E-state index in [1.807, 2.05) is 0 Å². The Bertz CT molecular complexity index is 306. The quantitative estimate of drug-likeness (QED) is 0.661. The molecule has 1 rings (SSSR count). The Morgan fingerprint density at radius 1 is 1.67 bits per heavy atom. The van der Waals surface area contributed by atoms with E-state index in [-0.39, 0.29) is 12.2 Å². The van der Waals surface area contributed by atoms with E-state index in [4.69, 9.17) is 5.11 Å². The number of anilines is 1. The minimum atomic E-state index is -0.101. The third-order valence-electron chi connectivity index (χ3n) is 1.63. The van der Waals surface area contributed by atoms with Gasteiger partial charge in [0.2, 0.25) is 0 Å². The average molecular weight is 168 g/mol. The van der Waals surface area contributed by atoms with E-state index in [0.29, 0.717) is 6.54 Å². The summed E-state index contributed by atoms with van der Waals surface area (Å²) in [7, 11) is 1.76. The van der Waals surface area contributed by atoms with E-state index in [1.165, 1.54) is 10.6 Å². The van der Waals surface area contributed by atoms with Crippen LogP contribution in [0, 0.1) is 0 Å². The minimum Gasteiger partial charge on any atom is -0.395 e. The minimum absolute atomic E-state index is 0.0151. The van der Waals surface area contributed by atoms with Crippen molar-refractivity contribution in [1.29, 1.82) is 0 Å². The molecule has 0 aliphatic carbocycles. The number of hydrogen-bond donors (Lipinski definition) is 2. The van der Waals surface area contributed by atoms with Crippen LogP contribution in [0.15, 0.2) is 23.1 Å². The molecule has 2 N–H and O–H groups in total. The largest absolute Gasteiger partial charge is 0.395 e. The number of aliphatic hydroxyl groups is 1. The molecule has 0 aliphatic rings. The molecule has 0 unspecified atom stereocenters. The molecule has 0 atom stereocenters. The van der Waals surface area contributed by atoms with Crippen LogP contribution in [0.5, 0.6) is 0 Å². The molecule has 0 radical (unpaired) electrons. The topological polar surface area (TPSA) is 54.3 Å². The molecule has 1 heterocycles. The highest BCUT2D eigenvalue weighted by atomic mass is 16.3. The molecular weight excluding hydrogens is 156 g/mol. The van der Waals surface area contributed by atoms with Crippen molar-refractivity contribution in [2.45, 2.75) is 6.54 Å². The molecule has 1 aromatic rings. The highest BCUT2D eigenvalue weighted by molar-refractivity contribution is 5.39. The summed E-state index contributed by atoms with van der Waals surface area (Å²) in [5.41, 5.74) is 0.685. The van der Waals surface area contributed by atoms with Crippen LogP contribution in [0.1, 0.15) is 0 Å². The van der Waals surface area contributed by atoms with Gasteiger partial charge in [0.05, 0.1) is 6.61 Å². The van der Waals surface area contributed by atoms with Gasteiger partial charge in [0.15, 0.2) is 0 Å². The molecule has 1 aromatic heterocycles. The summed E-state index contributed by atoms with van der Waals surface area (Å²) in [4.78, 5) is 11.2. The lowest BCUT2D eigenvalue weighted by Gasteiger charge is -2.03. The van der Waals surface area contributed by atoms with Crippen molar-refractivity contribution in [3.05, 3.63) is 28.7 Å². The predicted octanol–water partition coefficient (Wildman–Crippen LogP) is -0.118. The molecule has 0 saturated carbocycles. The number of aromatic nitrogens is 1. The van der Waals surface area contributed by atoms with Gasteiger partial charge in [-0.05, 0) is 6.07 Å². The Labute approximate surface area is 70.5 Å². The van der Waals surface area contributed by atoms with Crippen LogP contribution in [-0.4, -0.2) is 23.3 Å². The van der Waals surface area contributed by atoms with Crippen LogP contribution in [0.2, 0.25) is 0 Å². The highest BCUT2D eigenvalue weighted by Gasteiger charge is 1.94. The van der Waals surface area contributed by atoms with Gasteiger partial charge in [-0.15, -0.1) is 0 Å². The van der Waals surface area contributed by atoms with E-state index in [9.17, 15) is 4.79 Å². The van der Waals surface area contributed by atoms with Crippen molar-refractivity contribution < 1.29 is 5.11 Å². The summed E-state index contributed by atoms with van der Waals surface area (Å²) in [5, 5.41) is 11.5. The summed E-state index contributed by atoms with van der Waals surface area (Å²) < 4.78 is 1.46. The van der Waals surface area contributed by atoms with Crippen molar-refractivity contribution in [2.24, 2.45) is 0 Å². The molecule has 12 heavy (non-hydrogen) atoms. The SMILES string of the molecule is CNc1ccn(CCO)c(=O)c1. The second-order valence-corrected chi connectivity index (χ2v) is 2.42. The smallest absolute Gasteiger partial charge is 0.252 e. The fourth-order valence-corrected chi connectivity index (χ4v) is 0.956. The van der Waals surface area contributed by atoms with E-state index in [0.717, 1.165) is 5.69 Å². The molecule has 0 aliphatic heterocycles. The lowest BCUT2D eigenvalue weighted by Crippen LogP contribution is -2.20. The van der Waals surface area contributed by atoms with Gasteiger partial charge in [0.1, 0.15) is 0 Å². The molecule has 66 valence electrons. The van der Waals surface area contributed by atoms with Crippen LogP contribution in [0.25, 0.3) is 0 Å².